The van der Waals surface area contributed by atoms with Crippen LogP contribution < -0.4 is 11.5 Å². The van der Waals surface area contributed by atoms with Gasteiger partial charge in [-0.15, -0.1) is 0 Å². The molecule has 2 bridgehead atoms. The van der Waals surface area contributed by atoms with Crippen LogP contribution in [0.15, 0.2) is 41.4 Å². The first-order valence-corrected chi connectivity index (χ1v) is 26.3. The van der Waals surface area contributed by atoms with Crippen molar-refractivity contribution >= 4 is 23.9 Å². The van der Waals surface area contributed by atoms with E-state index in [1.807, 2.05) is 13.8 Å². The highest BCUT2D eigenvalue weighted by atomic mass is 16.7. The van der Waals surface area contributed by atoms with Crippen LogP contribution in [0.4, 0.5) is 0 Å². The van der Waals surface area contributed by atoms with Crippen LogP contribution in [0.5, 0.6) is 0 Å². The SMILES string of the molecule is CC1[C@H](O)CC[C@H](C)[C@H](O)C[C@]2(O)O[C@@H](C[C@@H](OC(=O)CC(=O)O)C[C@H](O)C[C@H](O)[C@@H](C)[C@H](O)/C=C/[C@@H](C)[C@@H]([C@H](C)C[C@H](C)CCC/C=C\CCCN=C(N)N)OC(=O)/C=C/[C@H](C)[C@H](O)C[C@@H]1O)C[C@@H](O)[C@@H]2O. The van der Waals surface area contributed by atoms with Crippen LogP contribution in [-0.2, 0) is 28.6 Å². The number of hydrogen-bond donors (Lipinski definition) is 13. The molecule has 422 valence electrons. The lowest BCUT2D eigenvalue weighted by Crippen LogP contribution is -2.60. The highest BCUT2D eigenvalue weighted by Gasteiger charge is 2.50. The number of fused-ring (bicyclic) bond motifs is 2. The minimum absolute atomic E-state index is 0.0758. The molecule has 1 unspecified atom stereocenters. The predicted octanol–water partition coefficient (Wildman–Crippen LogP) is 2.49. The molecule has 0 spiro atoms. The smallest absolute Gasteiger partial charge is 0.330 e. The lowest BCUT2D eigenvalue weighted by atomic mass is 9.83. The normalized spacial score (nSPS) is 38.3. The molecular weight excluding hydrogens is 951 g/mol. The molecule has 15 N–H and O–H groups in total. The van der Waals surface area contributed by atoms with E-state index in [0.29, 0.717) is 13.0 Å². The number of unbranched alkanes of at least 4 members (excludes halogenated alkanes) is 2. The van der Waals surface area contributed by atoms with Crippen molar-refractivity contribution in [1.82, 2.24) is 0 Å². The standard InChI is InChI=1S/C53H93N3O17/c1-30(14-12-10-8-9-11-13-21-56-52(54)55)22-34(5)50-33(4)16-19-41(59)35(6)43(61)24-37(57)23-38(71-49(68)28-47(65)66)25-39-26-45(63)51(69)53(70,73-39)29-46(64)32(3)15-18-40(58)36(7)44(62)27-42(60)31(2)17-20-48(67)72-50/h8-9,16-17,19-20,30-46,50-51,57-64,69-70H,10-15,18,21-29H2,1-7H3,(H,65,66)(H4,54,55,56)/b9-8-,19-16+,20-17+/t30-,31+,32+,33-,34-,35+,36?,37+,38+,39+,40-,41-,42-,43+,44+,45-,46-,50+,51+,53+/m1/s1. The van der Waals surface area contributed by atoms with E-state index in [9.17, 15) is 70.6 Å². The largest absolute Gasteiger partial charge is 0.481 e. The molecule has 0 radical (unpaired) electrons. The number of carboxylic acids is 1. The van der Waals surface area contributed by atoms with Crippen LogP contribution >= 0.6 is 0 Å². The number of cyclic esters (lactones) is 1. The summed E-state index contributed by atoms with van der Waals surface area (Å²) < 4.78 is 17.4. The molecular formula is C53H93N3O17. The molecule has 1 saturated heterocycles. The second kappa shape index (κ2) is 32.8. The Labute approximate surface area is 432 Å². The molecule has 0 saturated carbocycles. The summed E-state index contributed by atoms with van der Waals surface area (Å²) in [6, 6.07) is 0. The van der Waals surface area contributed by atoms with Crippen LogP contribution in [0.25, 0.3) is 0 Å². The van der Waals surface area contributed by atoms with Gasteiger partial charge in [0.25, 0.3) is 0 Å². The fourth-order valence-electron chi connectivity index (χ4n) is 9.67. The van der Waals surface area contributed by atoms with Crippen LogP contribution in [0.2, 0.25) is 0 Å². The van der Waals surface area contributed by atoms with E-state index in [0.717, 1.165) is 32.1 Å². The van der Waals surface area contributed by atoms with Gasteiger partial charge in [0.1, 0.15) is 24.7 Å². The van der Waals surface area contributed by atoms with Crippen molar-refractivity contribution in [2.45, 2.75) is 224 Å². The van der Waals surface area contributed by atoms with Gasteiger partial charge in [0.15, 0.2) is 11.7 Å². The van der Waals surface area contributed by atoms with Gasteiger partial charge in [-0.2, -0.15) is 0 Å². The first-order chi connectivity index (χ1) is 34.1. The molecule has 20 heteroatoms. The average Bonchev–Trinajstić information content (AvgIpc) is 3.30. The summed E-state index contributed by atoms with van der Waals surface area (Å²) >= 11 is 0. The summed E-state index contributed by atoms with van der Waals surface area (Å²) in [4.78, 5) is 41.4. The van der Waals surface area contributed by atoms with Gasteiger partial charge in [0, 0.05) is 68.4 Å². The summed E-state index contributed by atoms with van der Waals surface area (Å²) in [6.45, 7) is 13.0. The quantitative estimate of drug-likeness (QED) is 0.0297. The number of allylic oxidation sites excluding steroid dienone is 2. The average molecular weight is 1040 g/mol. The van der Waals surface area contributed by atoms with E-state index in [4.69, 9.17) is 25.7 Å². The molecule has 0 amide bonds. The molecule has 2 aliphatic heterocycles. The third-order valence-electron chi connectivity index (χ3n) is 14.7. The summed E-state index contributed by atoms with van der Waals surface area (Å²) in [5, 5.41) is 121. The second-order valence-electron chi connectivity index (χ2n) is 21.4. The Bertz CT molecular complexity index is 1750. The number of carbonyl (C=O) groups is 3. The van der Waals surface area contributed by atoms with Gasteiger partial charge in [-0.05, 0) is 69.1 Å². The van der Waals surface area contributed by atoms with Gasteiger partial charge in [-0.25, -0.2) is 4.79 Å². The maximum absolute atomic E-state index is 13.5. The van der Waals surface area contributed by atoms with E-state index >= 15 is 0 Å². The van der Waals surface area contributed by atoms with Crippen molar-refractivity contribution in [1.29, 1.82) is 0 Å². The van der Waals surface area contributed by atoms with Crippen molar-refractivity contribution in [2.75, 3.05) is 6.54 Å². The molecule has 0 aromatic heterocycles. The van der Waals surface area contributed by atoms with Crippen LogP contribution in [0, 0.1) is 41.4 Å². The molecule has 20 nitrogen and oxygen atoms in total. The van der Waals surface area contributed by atoms with Crippen LogP contribution in [0.1, 0.15) is 145 Å². The highest BCUT2D eigenvalue weighted by Crippen LogP contribution is 2.36. The number of guanidine groups is 1. The lowest BCUT2D eigenvalue weighted by molar-refractivity contribution is -0.333. The topological polar surface area (TPSA) is 366 Å². The van der Waals surface area contributed by atoms with Crippen LogP contribution in [0.3, 0.4) is 0 Å². The number of hydrogen-bond acceptors (Lipinski definition) is 17. The highest BCUT2D eigenvalue weighted by molar-refractivity contribution is 5.90. The Morgan fingerprint density at radius 1 is 0.781 bits per heavy atom. The number of esters is 2. The van der Waals surface area contributed by atoms with Gasteiger partial charge in [0.2, 0.25) is 0 Å². The summed E-state index contributed by atoms with van der Waals surface area (Å²) in [7, 11) is 0. The van der Waals surface area contributed by atoms with E-state index < -0.39 is 139 Å². The van der Waals surface area contributed by atoms with Gasteiger partial charge in [-0.1, -0.05) is 85.3 Å². The zero-order chi connectivity index (χ0) is 55.2. The number of carboxylic acid groups (broad SMARTS) is 1. The van der Waals surface area contributed by atoms with Crippen molar-refractivity contribution in [3.63, 3.8) is 0 Å². The Hall–Kier alpha value is -3.54. The second-order valence-corrected chi connectivity index (χ2v) is 21.4. The zero-order valence-corrected chi connectivity index (χ0v) is 44.2. The maximum Gasteiger partial charge on any atom is 0.330 e. The zero-order valence-electron chi connectivity index (χ0n) is 44.2. The van der Waals surface area contributed by atoms with Crippen molar-refractivity contribution in [3.05, 3.63) is 36.5 Å². The van der Waals surface area contributed by atoms with Gasteiger partial charge < -0.3 is 81.8 Å². The number of aliphatic hydroxyl groups excluding tert-OH is 9. The number of nitrogens with two attached hydrogens (primary N) is 2. The first kappa shape index (κ1) is 65.6. The molecule has 2 rings (SSSR count). The summed E-state index contributed by atoms with van der Waals surface area (Å²) in [6.07, 6.45) is -2.69. The number of carbonyl (C=O) groups excluding carboxylic acids is 2. The van der Waals surface area contributed by atoms with Gasteiger partial charge in [-0.3, -0.25) is 14.6 Å². The first-order valence-electron chi connectivity index (χ1n) is 26.3. The van der Waals surface area contributed by atoms with Gasteiger partial charge >= 0.3 is 17.9 Å². The molecule has 0 aromatic carbocycles. The van der Waals surface area contributed by atoms with Crippen molar-refractivity contribution < 1.29 is 84.8 Å². The number of rotatable bonds is 14. The Morgan fingerprint density at radius 2 is 1.42 bits per heavy atom. The molecule has 2 heterocycles. The third-order valence-corrected chi connectivity index (χ3v) is 14.7. The van der Waals surface area contributed by atoms with Crippen molar-refractivity contribution in [2.24, 2.45) is 57.9 Å². The Kier molecular flexibility index (Phi) is 29.5. The number of aliphatic carboxylic acids is 1. The Balaban J connectivity index is 2.42. The van der Waals surface area contributed by atoms with Gasteiger partial charge in [0.05, 0.1) is 54.9 Å². The number of aliphatic hydroxyl groups is 10. The fourth-order valence-corrected chi connectivity index (χ4v) is 9.67. The molecule has 20 atom stereocenters. The molecule has 1 fully saturated rings. The minimum Gasteiger partial charge on any atom is -0.481 e. The summed E-state index contributed by atoms with van der Waals surface area (Å²) in [5.41, 5.74) is 10.8. The monoisotopic (exact) mass is 1040 g/mol. The van der Waals surface area contributed by atoms with E-state index in [1.54, 1.807) is 33.8 Å². The molecule has 0 aliphatic carbocycles. The van der Waals surface area contributed by atoms with E-state index in [-0.39, 0.29) is 62.7 Å². The number of aliphatic imine (C=N–C) groups is 1. The summed E-state index contributed by atoms with van der Waals surface area (Å²) in [5.74, 6) is -8.90. The van der Waals surface area contributed by atoms with E-state index in [1.165, 1.54) is 18.2 Å². The molecule has 0 aromatic rings. The molecule has 73 heavy (non-hydrogen) atoms. The lowest BCUT2D eigenvalue weighted by Gasteiger charge is -2.45. The number of nitrogens with zero attached hydrogens (tertiary/aromatic N) is 1. The maximum atomic E-state index is 13.5. The third kappa shape index (κ3) is 24.3. The Morgan fingerprint density at radius 3 is 2.07 bits per heavy atom. The minimum atomic E-state index is -2.52. The predicted molar refractivity (Wildman–Crippen MR) is 273 cm³/mol. The number of ether oxygens (including phenoxy) is 3. The van der Waals surface area contributed by atoms with Crippen molar-refractivity contribution in [3.8, 4) is 0 Å². The fraction of sp³-hybridized carbons (Fsp3) is 0.811. The van der Waals surface area contributed by atoms with Crippen LogP contribution in [-0.4, -0.2) is 166 Å². The molecule has 2 aliphatic rings. The van der Waals surface area contributed by atoms with E-state index in [2.05, 4.69) is 24.1 Å².